The van der Waals surface area contributed by atoms with E-state index in [0.29, 0.717) is 31.5 Å². The van der Waals surface area contributed by atoms with Gasteiger partial charge in [0.2, 0.25) is 5.91 Å². The molecule has 0 spiro atoms. The summed E-state index contributed by atoms with van der Waals surface area (Å²) in [6.07, 6.45) is 3.95. The topological polar surface area (TPSA) is 55.6 Å². The van der Waals surface area contributed by atoms with E-state index in [4.69, 9.17) is 10.5 Å². The summed E-state index contributed by atoms with van der Waals surface area (Å²) in [6, 6.07) is 0.361. The molecule has 1 saturated carbocycles. The number of carbonyl (C=O) groups is 1. The average molecular weight is 228 g/mol. The molecule has 0 heterocycles. The fourth-order valence-corrected chi connectivity index (χ4v) is 2.63. The van der Waals surface area contributed by atoms with E-state index in [9.17, 15) is 4.79 Å². The Balaban J connectivity index is 2.55. The summed E-state index contributed by atoms with van der Waals surface area (Å²) in [5.41, 5.74) is 5.75. The Hall–Kier alpha value is -0.610. The first-order chi connectivity index (χ1) is 7.74. The molecule has 2 unspecified atom stereocenters. The van der Waals surface area contributed by atoms with Crippen molar-refractivity contribution in [3.05, 3.63) is 0 Å². The number of carbonyl (C=O) groups excluding carboxylic acids is 1. The second-order valence-corrected chi connectivity index (χ2v) is 4.42. The fraction of sp³-hybridized carbons (Fsp3) is 0.917. The molecule has 0 aromatic rings. The Morgan fingerprint density at radius 3 is 2.81 bits per heavy atom. The third-order valence-corrected chi connectivity index (χ3v) is 3.50. The minimum Gasteiger partial charge on any atom is -0.384 e. The first-order valence-corrected chi connectivity index (χ1v) is 6.23. The molecule has 94 valence electrons. The van der Waals surface area contributed by atoms with Crippen LogP contribution in [0.3, 0.4) is 0 Å². The summed E-state index contributed by atoms with van der Waals surface area (Å²) in [4.78, 5) is 14.0. The van der Waals surface area contributed by atoms with Crippen LogP contribution >= 0.6 is 0 Å². The van der Waals surface area contributed by atoms with Gasteiger partial charge in [0.1, 0.15) is 0 Å². The SMILES string of the molecule is CCN(C(=O)CCOC)C1CCCC1CN. The molecule has 4 heteroatoms. The van der Waals surface area contributed by atoms with Crippen molar-refractivity contribution < 1.29 is 9.53 Å². The highest BCUT2D eigenvalue weighted by atomic mass is 16.5. The van der Waals surface area contributed by atoms with Crippen molar-refractivity contribution in [2.75, 3.05) is 26.8 Å². The quantitative estimate of drug-likeness (QED) is 0.738. The molecule has 1 aliphatic carbocycles. The van der Waals surface area contributed by atoms with Crippen LogP contribution in [0.1, 0.15) is 32.6 Å². The monoisotopic (exact) mass is 228 g/mol. The highest BCUT2D eigenvalue weighted by Gasteiger charge is 2.32. The predicted octanol–water partition coefficient (Wildman–Crippen LogP) is 0.999. The summed E-state index contributed by atoms with van der Waals surface area (Å²) < 4.78 is 4.95. The molecule has 0 aromatic heterocycles. The van der Waals surface area contributed by atoms with E-state index in [1.807, 2.05) is 11.8 Å². The Morgan fingerprint density at radius 2 is 2.25 bits per heavy atom. The van der Waals surface area contributed by atoms with E-state index < -0.39 is 0 Å². The van der Waals surface area contributed by atoms with Crippen LogP contribution in [0.15, 0.2) is 0 Å². The van der Waals surface area contributed by atoms with Crippen molar-refractivity contribution >= 4 is 5.91 Å². The van der Waals surface area contributed by atoms with Gasteiger partial charge in [-0.3, -0.25) is 4.79 Å². The van der Waals surface area contributed by atoms with Gasteiger partial charge in [0.15, 0.2) is 0 Å². The summed E-state index contributed by atoms with van der Waals surface area (Å²) in [5.74, 6) is 0.696. The maximum absolute atomic E-state index is 12.0. The number of ether oxygens (including phenoxy) is 1. The van der Waals surface area contributed by atoms with Crippen LogP contribution in [0.25, 0.3) is 0 Å². The van der Waals surface area contributed by atoms with Gasteiger partial charge in [-0.25, -0.2) is 0 Å². The minimum atomic E-state index is 0.203. The predicted molar refractivity (Wildman–Crippen MR) is 64.1 cm³/mol. The molecule has 0 bridgehead atoms. The molecule has 2 atom stereocenters. The lowest BCUT2D eigenvalue weighted by molar-refractivity contribution is -0.134. The zero-order chi connectivity index (χ0) is 12.0. The Bertz CT molecular complexity index is 221. The van der Waals surface area contributed by atoms with Crippen molar-refractivity contribution in [1.82, 2.24) is 4.90 Å². The largest absolute Gasteiger partial charge is 0.384 e. The summed E-state index contributed by atoms with van der Waals surface area (Å²) >= 11 is 0. The molecule has 0 aliphatic heterocycles. The van der Waals surface area contributed by atoms with E-state index in [-0.39, 0.29) is 5.91 Å². The highest BCUT2D eigenvalue weighted by Crippen LogP contribution is 2.29. The van der Waals surface area contributed by atoms with Gasteiger partial charge in [-0.1, -0.05) is 6.42 Å². The van der Waals surface area contributed by atoms with Crippen LogP contribution in [-0.2, 0) is 9.53 Å². The van der Waals surface area contributed by atoms with Gasteiger partial charge in [-0.2, -0.15) is 0 Å². The number of nitrogens with two attached hydrogens (primary N) is 1. The number of hydrogen-bond acceptors (Lipinski definition) is 3. The Labute approximate surface area is 98.1 Å². The smallest absolute Gasteiger partial charge is 0.225 e. The number of hydrogen-bond donors (Lipinski definition) is 1. The molecule has 1 aliphatic rings. The molecular formula is C12H24N2O2. The summed E-state index contributed by atoms with van der Waals surface area (Å²) in [7, 11) is 1.63. The van der Waals surface area contributed by atoms with Crippen LogP contribution in [-0.4, -0.2) is 43.7 Å². The third kappa shape index (κ3) is 3.19. The second kappa shape index (κ2) is 6.86. The first-order valence-electron chi connectivity index (χ1n) is 6.23. The summed E-state index contributed by atoms with van der Waals surface area (Å²) in [5, 5.41) is 0. The average Bonchev–Trinajstić information content (AvgIpc) is 2.75. The molecule has 1 amide bonds. The molecule has 0 aromatic carbocycles. The second-order valence-electron chi connectivity index (χ2n) is 4.42. The lowest BCUT2D eigenvalue weighted by Gasteiger charge is -2.32. The summed E-state index contributed by atoms with van der Waals surface area (Å²) in [6.45, 7) is 4.02. The van der Waals surface area contributed by atoms with Gasteiger partial charge in [0, 0.05) is 19.7 Å². The lowest BCUT2D eigenvalue weighted by atomic mass is 10.0. The van der Waals surface area contributed by atoms with E-state index in [1.54, 1.807) is 7.11 Å². The van der Waals surface area contributed by atoms with Crippen LogP contribution in [0.4, 0.5) is 0 Å². The van der Waals surface area contributed by atoms with Crippen LogP contribution in [0.2, 0.25) is 0 Å². The number of rotatable bonds is 6. The minimum absolute atomic E-state index is 0.203. The van der Waals surface area contributed by atoms with Crippen molar-refractivity contribution in [2.24, 2.45) is 11.7 Å². The van der Waals surface area contributed by atoms with Crippen molar-refractivity contribution in [1.29, 1.82) is 0 Å². The number of methoxy groups -OCH3 is 1. The standard InChI is InChI=1S/C12H24N2O2/c1-3-14(12(15)7-8-16-2)11-6-4-5-10(11)9-13/h10-11H,3-9,13H2,1-2H3. The molecule has 16 heavy (non-hydrogen) atoms. The van der Waals surface area contributed by atoms with Crippen molar-refractivity contribution in [2.45, 2.75) is 38.6 Å². The third-order valence-electron chi connectivity index (χ3n) is 3.50. The maximum Gasteiger partial charge on any atom is 0.225 e. The molecule has 0 saturated heterocycles. The van der Waals surface area contributed by atoms with Crippen molar-refractivity contribution in [3.63, 3.8) is 0 Å². The maximum atomic E-state index is 12.0. The molecule has 4 nitrogen and oxygen atoms in total. The highest BCUT2D eigenvalue weighted by molar-refractivity contribution is 5.76. The van der Waals surface area contributed by atoms with E-state index in [1.165, 1.54) is 6.42 Å². The van der Waals surface area contributed by atoms with Gasteiger partial charge in [0.05, 0.1) is 13.0 Å². The Kier molecular flexibility index (Phi) is 5.77. The van der Waals surface area contributed by atoms with Crippen LogP contribution < -0.4 is 5.73 Å². The van der Waals surface area contributed by atoms with Gasteiger partial charge in [-0.05, 0) is 32.2 Å². The molecule has 2 N–H and O–H groups in total. The fourth-order valence-electron chi connectivity index (χ4n) is 2.63. The van der Waals surface area contributed by atoms with E-state index in [0.717, 1.165) is 19.4 Å². The number of nitrogens with zero attached hydrogens (tertiary/aromatic N) is 1. The van der Waals surface area contributed by atoms with Gasteiger partial charge in [-0.15, -0.1) is 0 Å². The molecular weight excluding hydrogens is 204 g/mol. The zero-order valence-electron chi connectivity index (χ0n) is 10.4. The molecule has 1 rings (SSSR count). The van der Waals surface area contributed by atoms with E-state index >= 15 is 0 Å². The van der Waals surface area contributed by atoms with Gasteiger partial charge >= 0.3 is 0 Å². The first kappa shape index (κ1) is 13.5. The molecule has 0 radical (unpaired) electrons. The van der Waals surface area contributed by atoms with Crippen LogP contribution in [0.5, 0.6) is 0 Å². The molecule has 1 fully saturated rings. The van der Waals surface area contributed by atoms with Gasteiger partial charge in [0.25, 0.3) is 0 Å². The zero-order valence-corrected chi connectivity index (χ0v) is 10.4. The van der Waals surface area contributed by atoms with Gasteiger partial charge < -0.3 is 15.4 Å². The lowest BCUT2D eigenvalue weighted by Crippen LogP contribution is -2.44. The van der Waals surface area contributed by atoms with E-state index in [2.05, 4.69) is 0 Å². The van der Waals surface area contributed by atoms with Crippen molar-refractivity contribution in [3.8, 4) is 0 Å². The Morgan fingerprint density at radius 1 is 1.50 bits per heavy atom. The normalized spacial score (nSPS) is 24.7. The van der Waals surface area contributed by atoms with Crippen LogP contribution in [0, 0.1) is 5.92 Å². The number of amides is 1.